The molecule has 1 aliphatic rings. The van der Waals surface area contributed by atoms with E-state index in [2.05, 4.69) is 62.3 Å². The third-order valence-corrected chi connectivity index (χ3v) is 4.85. The molecule has 3 heteroatoms. The van der Waals surface area contributed by atoms with Crippen molar-refractivity contribution in [2.75, 3.05) is 6.54 Å². The van der Waals surface area contributed by atoms with E-state index in [0.717, 1.165) is 22.0 Å². The third-order valence-electron chi connectivity index (χ3n) is 2.97. The smallest absolute Gasteiger partial charge is 0.0320 e. The van der Waals surface area contributed by atoms with Crippen molar-refractivity contribution in [3.05, 3.63) is 32.7 Å². The van der Waals surface area contributed by atoms with Crippen LogP contribution < -0.4 is 5.32 Å². The van der Waals surface area contributed by atoms with Crippen molar-refractivity contribution in [1.82, 2.24) is 5.32 Å². The van der Waals surface area contributed by atoms with Crippen molar-refractivity contribution < 1.29 is 0 Å². The topological polar surface area (TPSA) is 12.0 Å². The highest BCUT2D eigenvalue weighted by Gasteiger charge is 2.36. The summed E-state index contributed by atoms with van der Waals surface area (Å²) in [5.74, 6) is 0. The molecule has 1 nitrogen and oxygen atoms in total. The predicted molar refractivity (Wildman–Crippen MR) is 70.9 cm³/mol. The highest BCUT2D eigenvalue weighted by atomic mass is 79.9. The van der Waals surface area contributed by atoms with Gasteiger partial charge in [-0.3, -0.25) is 0 Å². The zero-order chi connectivity index (χ0) is 10.9. The largest absolute Gasteiger partial charge is 0.312 e. The molecule has 0 aliphatic heterocycles. The molecular formula is C12H15Br2N. The number of hydrogen-bond acceptors (Lipinski definition) is 1. The van der Waals surface area contributed by atoms with Crippen LogP contribution in [-0.2, 0) is 6.54 Å². The molecular weight excluding hydrogens is 318 g/mol. The van der Waals surface area contributed by atoms with Gasteiger partial charge in [-0.15, -0.1) is 0 Å². The van der Waals surface area contributed by atoms with E-state index in [1.165, 1.54) is 18.4 Å². The summed E-state index contributed by atoms with van der Waals surface area (Å²) in [6.07, 6.45) is 2.76. The van der Waals surface area contributed by atoms with Crippen LogP contribution in [0.1, 0.15) is 25.3 Å². The molecule has 0 radical (unpaired) electrons. The quantitative estimate of drug-likeness (QED) is 0.875. The van der Waals surface area contributed by atoms with E-state index in [4.69, 9.17) is 0 Å². The molecule has 0 amide bonds. The van der Waals surface area contributed by atoms with E-state index in [9.17, 15) is 0 Å². The maximum atomic E-state index is 3.52. The number of halogens is 2. The fourth-order valence-corrected chi connectivity index (χ4v) is 2.22. The molecule has 1 aromatic rings. The summed E-state index contributed by atoms with van der Waals surface area (Å²) in [4.78, 5) is 0. The van der Waals surface area contributed by atoms with Crippen molar-refractivity contribution in [3.63, 3.8) is 0 Å². The molecule has 0 saturated heterocycles. The van der Waals surface area contributed by atoms with Crippen LogP contribution in [0.5, 0.6) is 0 Å². The lowest BCUT2D eigenvalue weighted by Gasteiger charge is -2.10. The fraction of sp³-hybridized carbons (Fsp3) is 0.500. The molecule has 1 aromatic carbocycles. The van der Waals surface area contributed by atoms with Crippen molar-refractivity contribution in [2.24, 2.45) is 5.41 Å². The Kier molecular flexibility index (Phi) is 3.53. The fourth-order valence-electron chi connectivity index (χ4n) is 1.55. The molecule has 0 spiro atoms. The van der Waals surface area contributed by atoms with Gasteiger partial charge in [-0.25, -0.2) is 0 Å². The minimum atomic E-state index is 0.590. The molecule has 1 saturated carbocycles. The Labute approximate surface area is 108 Å². The van der Waals surface area contributed by atoms with E-state index in [1.807, 2.05) is 0 Å². The van der Waals surface area contributed by atoms with Crippen molar-refractivity contribution >= 4 is 31.9 Å². The second-order valence-corrected chi connectivity index (χ2v) is 6.37. The van der Waals surface area contributed by atoms with Crippen LogP contribution in [0.4, 0.5) is 0 Å². The number of nitrogens with one attached hydrogen (secondary N) is 1. The van der Waals surface area contributed by atoms with Gasteiger partial charge in [-0.2, -0.15) is 0 Å². The summed E-state index contributed by atoms with van der Waals surface area (Å²) in [7, 11) is 0. The average molecular weight is 333 g/mol. The van der Waals surface area contributed by atoms with Gasteiger partial charge in [0, 0.05) is 22.0 Å². The number of hydrogen-bond donors (Lipinski definition) is 1. The summed E-state index contributed by atoms with van der Waals surface area (Å²) in [6.45, 7) is 4.44. The van der Waals surface area contributed by atoms with Crippen molar-refractivity contribution in [1.29, 1.82) is 0 Å². The molecule has 1 aliphatic carbocycles. The zero-order valence-electron chi connectivity index (χ0n) is 8.82. The van der Waals surface area contributed by atoms with E-state index < -0.39 is 0 Å². The van der Waals surface area contributed by atoms with Gasteiger partial charge < -0.3 is 5.32 Å². The van der Waals surface area contributed by atoms with Gasteiger partial charge >= 0.3 is 0 Å². The maximum absolute atomic E-state index is 3.52. The number of rotatable bonds is 4. The Balaban J connectivity index is 1.85. The Morgan fingerprint density at radius 2 is 2.00 bits per heavy atom. The first kappa shape index (κ1) is 11.6. The van der Waals surface area contributed by atoms with Gasteiger partial charge in [-0.05, 0) is 67.8 Å². The van der Waals surface area contributed by atoms with Crippen LogP contribution in [0.3, 0.4) is 0 Å². The summed E-state index contributed by atoms with van der Waals surface area (Å²) in [5.41, 5.74) is 1.92. The SMILES string of the molecule is CC1(CNCc2ccc(Br)c(Br)c2)CC1. The lowest BCUT2D eigenvalue weighted by atomic mass is 10.1. The van der Waals surface area contributed by atoms with Gasteiger partial charge in [0.1, 0.15) is 0 Å². The van der Waals surface area contributed by atoms with E-state index in [1.54, 1.807) is 0 Å². The van der Waals surface area contributed by atoms with E-state index >= 15 is 0 Å². The monoisotopic (exact) mass is 331 g/mol. The van der Waals surface area contributed by atoms with Gasteiger partial charge in [0.25, 0.3) is 0 Å². The van der Waals surface area contributed by atoms with Crippen molar-refractivity contribution in [2.45, 2.75) is 26.3 Å². The lowest BCUT2D eigenvalue weighted by Crippen LogP contribution is -2.21. The predicted octanol–water partition coefficient (Wildman–Crippen LogP) is 4.10. The molecule has 0 heterocycles. The second kappa shape index (κ2) is 4.56. The Morgan fingerprint density at radius 1 is 1.27 bits per heavy atom. The first-order chi connectivity index (χ1) is 7.09. The highest BCUT2D eigenvalue weighted by Crippen LogP contribution is 2.44. The summed E-state index contributed by atoms with van der Waals surface area (Å²) in [5, 5.41) is 3.51. The molecule has 1 N–H and O–H groups in total. The Hall–Kier alpha value is 0.140. The standard InChI is InChI=1S/C12H15Br2N/c1-12(4-5-12)8-15-7-9-2-3-10(13)11(14)6-9/h2-3,6,15H,4-5,7-8H2,1H3. The Morgan fingerprint density at radius 3 is 2.60 bits per heavy atom. The van der Waals surface area contributed by atoms with Gasteiger partial charge in [-0.1, -0.05) is 13.0 Å². The minimum absolute atomic E-state index is 0.590. The molecule has 2 rings (SSSR count). The summed E-state index contributed by atoms with van der Waals surface area (Å²) < 4.78 is 2.24. The molecule has 1 fully saturated rings. The van der Waals surface area contributed by atoms with Gasteiger partial charge in [0.15, 0.2) is 0 Å². The average Bonchev–Trinajstić information content (AvgIpc) is 2.90. The first-order valence-electron chi connectivity index (χ1n) is 5.24. The highest BCUT2D eigenvalue weighted by molar-refractivity contribution is 9.13. The number of benzene rings is 1. The van der Waals surface area contributed by atoms with Crippen LogP contribution in [0, 0.1) is 5.41 Å². The first-order valence-corrected chi connectivity index (χ1v) is 6.82. The Bertz CT molecular complexity index is 359. The third kappa shape index (κ3) is 3.30. The normalized spacial score (nSPS) is 17.8. The van der Waals surface area contributed by atoms with Gasteiger partial charge in [0.05, 0.1) is 0 Å². The van der Waals surface area contributed by atoms with E-state index in [-0.39, 0.29) is 0 Å². The second-order valence-electron chi connectivity index (χ2n) is 4.66. The molecule has 0 unspecified atom stereocenters. The molecule has 82 valence electrons. The summed E-state index contributed by atoms with van der Waals surface area (Å²) >= 11 is 6.99. The van der Waals surface area contributed by atoms with Crippen LogP contribution in [0.2, 0.25) is 0 Å². The molecule has 0 aromatic heterocycles. The van der Waals surface area contributed by atoms with Crippen LogP contribution in [-0.4, -0.2) is 6.54 Å². The van der Waals surface area contributed by atoms with Crippen LogP contribution in [0.15, 0.2) is 27.1 Å². The van der Waals surface area contributed by atoms with Gasteiger partial charge in [0.2, 0.25) is 0 Å². The van der Waals surface area contributed by atoms with Crippen LogP contribution in [0.25, 0.3) is 0 Å². The molecule has 0 atom stereocenters. The maximum Gasteiger partial charge on any atom is 0.0320 e. The zero-order valence-corrected chi connectivity index (χ0v) is 12.0. The van der Waals surface area contributed by atoms with Crippen molar-refractivity contribution in [3.8, 4) is 0 Å². The van der Waals surface area contributed by atoms with E-state index in [0.29, 0.717) is 5.41 Å². The lowest BCUT2D eigenvalue weighted by molar-refractivity contribution is 0.499. The summed E-state index contributed by atoms with van der Waals surface area (Å²) in [6, 6.07) is 6.39. The molecule has 0 bridgehead atoms. The minimum Gasteiger partial charge on any atom is -0.312 e. The van der Waals surface area contributed by atoms with Crippen LogP contribution >= 0.6 is 31.9 Å². The molecule has 15 heavy (non-hydrogen) atoms.